The molecule has 0 aliphatic carbocycles. The van der Waals surface area contributed by atoms with E-state index < -0.39 is 19.0 Å². The number of ether oxygens (including phenoxy) is 1. The van der Waals surface area contributed by atoms with Crippen LogP contribution in [0.2, 0.25) is 5.02 Å². The van der Waals surface area contributed by atoms with Crippen LogP contribution in [0.1, 0.15) is 10.4 Å². The van der Waals surface area contributed by atoms with Gasteiger partial charge in [0, 0.05) is 39.3 Å². The summed E-state index contributed by atoms with van der Waals surface area (Å²) in [5, 5.41) is 6.24. The number of esters is 1. The molecule has 0 spiro atoms. The van der Waals surface area contributed by atoms with Crippen molar-refractivity contribution < 1.29 is 18.3 Å². The number of pyridine rings is 2. The normalized spacial score (nSPS) is 11.2. The second-order valence-electron chi connectivity index (χ2n) is 6.24. The van der Waals surface area contributed by atoms with Gasteiger partial charge in [-0.15, -0.1) is 0 Å². The summed E-state index contributed by atoms with van der Waals surface area (Å²) in [6.45, 7) is -0.951. The molecule has 4 aromatic rings. The predicted molar refractivity (Wildman–Crippen MR) is 108 cm³/mol. The zero-order valence-corrected chi connectivity index (χ0v) is 15.7. The molecule has 4 rings (SSSR count). The molecule has 0 aliphatic heterocycles. The lowest BCUT2D eigenvalue weighted by Crippen LogP contribution is -2.11. The lowest BCUT2D eigenvalue weighted by atomic mass is 10.1. The first kappa shape index (κ1) is 19.0. The maximum Gasteiger partial charge on any atom is 0.338 e. The molecule has 5 nitrogen and oxygen atoms in total. The van der Waals surface area contributed by atoms with Gasteiger partial charge in [-0.2, -0.15) is 0 Å². The fraction of sp³-hybridized carbons (Fsp3) is 0.0952. The summed E-state index contributed by atoms with van der Waals surface area (Å²) < 4.78 is 29.2. The lowest BCUT2D eigenvalue weighted by molar-refractivity contribution is 0.0160. The van der Waals surface area contributed by atoms with Crippen molar-refractivity contribution in [3.63, 3.8) is 0 Å². The Morgan fingerprint density at radius 3 is 2.76 bits per heavy atom. The van der Waals surface area contributed by atoms with E-state index in [4.69, 9.17) is 11.6 Å². The minimum absolute atomic E-state index is 0.141. The summed E-state index contributed by atoms with van der Waals surface area (Å²) in [5.74, 6) is -0.278. The van der Waals surface area contributed by atoms with Crippen molar-refractivity contribution in [2.24, 2.45) is 0 Å². The molecule has 0 bridgehead atoms. The fourth-order valence-electron chi connectivity index (χ4n) is 3.00. The minimum atomic E-state index is -2.72. The number of nitrogens with zero attached hydrogens (tertiary/aromatic N) is 2. The van der Waals surface area contributed by atoms with Crippen molar-refractivity contribution in [3.05, 3.63) is 71.5 Å². The third-order valence-electron chi connectivity index (χ3n) is 4.26. The van der Waals surface area contributed by atoms with Crippen molar-refractivity contribution >= 4 is 50.8 Å². The summed E-state index contributed by atoms with van der Waals surface area (Å²) in [5.41, 5.74) is 1.39. The van der Waals surface area contributed by atoms with Crippen LogP contribution < -0.4 is 5.32 Å². The molecule has 1 N–H and O–H groups in total. The minimum Gasteiger partial charge on any atom is -0.456 e. The molecule has 2 aromatic carbocycles. The van der Waals surface area contributed by atoms with Gasteiger partial charge in [-0.25, -0.2) is 18.6 Å². The topological polar surface area (TPSA) is 64.1 Å². The predicted octanol–water partition coefficient (Wildman–Crippen LogP) is 5.60. The number of hydrogen-bond donors (Lipinski definition) is 1. The van der Waals surface area contributed by atoms with E-state index in [-0.39, 0.29) is 5.56 Å². The number of hydrogen-bond acceptors (Lipinski definition) is 5. The number of alkyl halides is 2. The molecule has 0 saturated heterocycles. The maximum atomic E-state index is 12.3. The number of aromatic nitrogens is 2. The van der Waals surface area contributed by atoms with Crippen LogP contribution in [0.15, 0.2) is 60.9 Å². The molecule has 0 aliphatic rings. The molecule has 2 heterocycles. The van der Waals surface area contributed by atoms with Crippen LogP contribution in [0.4, 0.5) is 20.3 Å². The van der Waals surface area contributed by atoms with Gasteiger partial charge in [0.15, 0.2) is 6.61 Å². The molecule has 8 heteroatoms. The van der Waals surface area contributed by atoms with Gasteiger partial charge >= 0.3 is 5.97 Å². The van der Waals surface area contributed by atoms with E-state index in [1.807, 2.05) is 18.2 Å². The van der Waals surface area contributed by atoms with Crippen molar-refractivity contribution in [2.75, 3.05) is 11.9 Å². The molecule has 0 saturated carbocycles. The van der Waals surface area contributed by atoms with Crippen LogP contribution >= 0.6 is 11.6 Å². The first-order chi connectivity index (χ1) is 14.0. The molecule has 0 unspecified atom stereocenters. The highest BCUT2D eigenvalue weighted by Gasteiger charge is 2.14. The van der Waals surface area contributed by atoms with Gasteiger partial charge in [0.25, 0.3) is 6.43 Å². The number of fused-ring (bicyclic) bond motifs is 3. The second kappa shape index (κ2) is 7.97. The first-order valence-electron chi connectivity index (χ1n) is 8.66. The molecular formula is C21H14ClF2N3O2. The zero-order chi connectivity index (χ0) is 20.4. The number of benzene rings is 2. The van der Waals surface area contributed by atoms with Crippen LogP contribution in [0.25, 0.3) is 21.7 Å². The summed E-state index contributed by atoms with van der Waals surface area (Å²) in [4.78, 5) is 20.9. The number of anilines is 2. The second-order valence-corrected chi connectivity index (χ2v) is 6.67. The van der Waals surface area contributed by atoms with Crippen molar-refractivity contribution in [2.45, 2.75) is 6.43 Å². The highest BCUT2D eigenvalue weighted by atomic mass is 35.5. The maximum absolute atomic E-state index is 12.3. The van der Waals surface area contributed by atoms with E-state index >= 15 is 0 Å². The van der Waals surface area contributed by atoms with E-state index in [2.05, 4.69) is 20.0 Å². The van der Waals surface area contributed by atoms with Crippen molar-refractivity contribution in [3.8, 4) is 0 Å². The standard InChI is InChI=1S/C21H14ClF2N3O2/c22-13-2-1-3-14(9-13)26-20-16-6-7-25-10-17(16)15-5-4-12(8-18(15)27-20)21(28)29-11-19(23)24/h1-10,19H,11H2,(H,26,27). The van der Waals surface area contributed by atoms with Gasteiger partial charge in [-0.3, -0.25) is 4.98 Å². The Bertz CT molecular complexity index is 1220. The Morgan fingerprint density at radius 1 is 1.10 bits per heavy atom. The smallest absolute Gasteiger partial charge is 0.338 e. The molecule has 29 heavy (non-hydrogen) atoms. The molecule has 0 atom stereocenters. The average molecular weight is 414 g/mol. The number of rotatable bonds is 5. The summed E-state index contributed by atoms with van der Waals surface area (Å²) in [7, 11) is 0. The van der Waals surface area contributed by atoms with E-state index in [9.17, 15) is 13.6 Å². The number of carbonyl (C=O) groups excluding carboxylic acids is 1. The van der Waals surface area contributed by atoms with Crippen molar-refractivity contribution in [1.29, 1.82) is 0 Å². The average Bonchev–Trinajstić information content (AvgIpc) is 2.71. The van der Waals surface area contributed by atoms with Gasteiger partial charge in [-0.1, -0.05) is 23.7 Å². The van der Waals surface area contributed by atoms with Gasteiger partial charge in [-0.05, 0) is 36.4 Å². The van der Waals surface area contributed by atoms with Crippen molar-refractivity contribution in [1.82, 2.24) is 9.97 Å². The molecule has 0 fully saturated rings. The van der Waals surface area contributed by atoms with E-state index in [0.29, 0.717) is 16.4 Å². The Hall–Kier alpha value is -3.32. The zero-order valence-electron chi connectivity index (χ0n) is 14.9. The molecule has 2 aromatic heterocycles. The van der Waals surface area contributed by atoms with E-state index in [1.165, 1.54) is 12.1 Å². The fourth-order valence-corrected chi connectivity index (χ4v) is 3.19. The Kier molecular flexibility index (Phi) is 5.22. The largest absolute Gasteiger partial charge is 0.456 e. The van der Waals surface area contributed by atoms with Crippen LogP contribution in [0, 0.1) is 0 Å². The third-order valence-corrected chi connectivity index (χ3v) is 4.49. The third kappa shape index (κ3) is 4.09. The number of nitrogens with one attached hydrogen (secondary N) is 1. The van der Waals surface area contributed by atoms with E-state index in [0.717, 1.165) is 21.8 Å². The van der Waals surface area contributed by atoms with Gasteiger partial charge < -0.3 is 10.1 Å². The van der Waals surface area contributed by atoms with Gasteiger partial charge in [0.1, 0.15) is 5.82 Å². The monoisotopic (exact) mass is 413 g/mol. The van der Waals surface area contributed by atoms with Gasteiger partial charge in [0.05, 0.1) is 11.1 Å². The Morgan fingerprint density at radius 2 is 1.97 bits per heavy atom. The van der Waals surface area contributed by atoms with Crippen LogP contribution in [-0.2, 0) is 4.74 Å². The molecular weight excluding hydrogens is 400 g/mol. The Balaban J connectivity index is 1.80. The molecule has 146 valence electrons. The first-order valence-corrected chi connectivity index (χ1v) is 9.04. The van der Waals surface area contributed by atoms with Crippen LogP contribution in [0.3, 0.4) is 0 Å². The quantitative estimate of drug-likeness (QED) is 0.340. The lowest BCUT2D eigenvalue weighted by Gasteiger charge is -2.12. The summed E-state index contributed by atoms with van der Waals surface area (Å²) in [6.07, 6.45) is 0.646. The SMILES string of the molecule is O=C(OCC(F)F)c1ccc2c(c1)nc(Nc1cccc(Cl)c1)c1ccncc12. The van der Waals surface area contributed by atoms with Gasteiger partial charge in [0.2, 0.25) is 0 Å². The highest BCUT2D eigenvalue weighted by molar-refractivity contribution is 6.30. The van der Waals surface area contributed by atoms with Crippen LogP contribution in [0.5, 0.6) is 0 Å². The Labute approximate surface area is 169 Å². The summed E-state index contributed by atoms with van der Waals surface area (Å²) >= 11 is 6.06. The molecule has 0 radical (unpaired) electrons. The van der Waals surface area contributed by atoms with E-state index in [1.54, 1.807) is 30.6 Å². The number of halogens is 3. The van der Waals surface area contributed by atoms with Crippen LogP contribution in [-0.4, -0.2) is 29.0 Å². The summed E-state index contributed by atoms with van der Waals surface area (Å²) in [6, 6.07) is 13.8. The molecule has 0 amide bonds. The highest BCUT2D eigenvalue weighted by Crippen LogP contribution is 2.31. The number of carbonyl (C=O) groups is 1.